The first-order valence-corrected chi connectivity index (χ1v) is 8.92. The Labute approximate surface area is 131 Å². The summed E-state index contributed by atoms with van der Waals surface area (Å²) in [7, 11) is -3.45. The lowest BCUT2D eigenvalue weighted by Crippen LogP contribution is -2.32. The molecule has 0 spiro atoms. The molecule has 0 aliphatic rings. The minimum atomic E-state index is -3.45. The molecule has 0 saturated carbocycles. The van der Waals surface area contributed by atoms with E-state index in [2.05, 4.69) is 4.99 Å². The van der Waals surface area contributed by atoms with E-state index in [1.54, 1.807) is 24.3 Å². The molecular weight excluding hydrogens is 310 g/mol. The van der Waals surface area contributed by atoms with Crippen LogP contribution in [0.15, 0.2) is 34.2 Å². The van der Waals surface area contributed by atoms with Gasteiger partial charge in [0, 0.05) is 13.1 Å². The van der Waals surface area contributed by atoms with Gasteiger partial charge in [0.1, 0.15) is 5.84 Å². The minimum Gasteiger partial charge on any atom is -0.386 e. The topological polar surface area (TPSA) is 75.8 Å². The lowest BCUT2D eigenvalue weighted by Gasteiger charge is -2.21. The van der Waals surface area contributed by atoms with Crippen LogP contribution in [0.1, 0.15) is 26.7 Å². The van der Waals surface area contributed by atoms with Crippen molar-refractivity contribution in [3.8, 4) is 0 Å². The number of amidine groups is 1. The van der Waals surface area contributed by atoms with Crippen LogP contribution in [-0.4, -0.2) is 37.5 Å². The molecule has 1 rings (SSSR count). The number of hydrogen-bond acceptors (Lipinski definition) is 3. The first kappa shape index (κ1) is 17.9. The SMILES string of the molecule is CCCN(CCC)S(=O)(=O)c1ccc(N=C(N)CCl)cc1. The third-order valence-electron chi connectivity index (χ3n) is 2.83. The van der Waals surface area contributed by atoms with Crippen LogP contribution >= 0.6 is 11.6 Å². The molecule has 0 amide bonds. The molecule has 0 saturated heterocycles. The van der Waals surface area contributed by atoms with Crippen molar-refractivity contribution in [1.82, 2.24) is 4.31 Å². The van der Waals surface area contributed by atoms with E-state index in [9.17, 15) is 8.42 Å². The highest BCUT2D eigenvalue weighted by molar-refractivity contribution is 7.89. The highest BCUT2D eigenvalue weighted by Gasteiger charge is 2.22. The number of nitrogens with two attached hydrogens (primary N) is 1. The van der Waals surface area contributed by atoms with E-state index < -0.39 is 10.0 Å². The van der Waals surface area contributed by atoms with Crippen LogP contribution < -0.4 is 5.73 Å². The number of halogens is 1. The van der Waals surface area contributed by atoms with Crippen molar-refractivity contribution >= 4 is 33.1 Å². The van der Waals surface area contributed by atoms with Crippen LogP contribution in [0.3, 0.4) is 0 Å². The van der Waals surface area contributed by atoms with E-state index in [4.69, 9.17) is 17.3 Å². The number of rotatable bonds is 8. The van der Waals surface area contributed by atoms with E-state index in [1.807, 2.05) is 13.8 Å². The molecule has 0 aliphatic heterocycles. The van der Waals surface area contributed by atoms with Crippen LogP contribution in [0.5, 0.6) is 0 Å². The maximum Gasteiger partial charge on any atom is 0.243 e. The normalized spacial score (nSPS) is 12.9. The Kier molecular flexibility index (Phi) is 7.14. The van der Waals surface area contributed by atoms with E-state index in [0.717, 1.165) is 12.8 Å². The van der Waals surface area contributed by atoms with Gasteiger partial charge < -0.3 is 5.73 Å². The molecule has 0 bridgehead atoms. The third kappa shape index (κ3) is 4.98. The van der Waals surface area contributed by atoms with Crippen LogP contribution in [0.2, 0.25) is 0 Å². The number of benzene rings is 1. The van der Waals surface area contributed by atoms with E-state index in [-0.39, 0.29) is 10.8 Å². The first-order valence-electron chi connectivity index (χ1n) is 6.94. The zero-order chi connectivity index (χ0) is 15.9. The van der Waals surface area contributed by atoms with Gasteiger partial charge in [0.2, 0.25) is 10.0 Å². The average Bonchev–Trinajstić information content (AvgIpc) is 2.47. The molecule has 2 N–H and O–H groups in total. The fourth-order valence-corrected chi connectivity index (χ4v) is 3.57. The smallest absolute Gasteiger partial charge is 0.243 e. The monoisotopic (exact) mass is 331 g/mol. The molecule has 118 valence electrons. The summed E-state index contributed by atoms with van der Waals surface area (Å²) in [4.78, 5) is 4.34. The van der Waals surface area contributed by atoms with Gasteiger partial charge in [0.15, 0.2) is 0 Å². The van der Waals surface area contributed by atoms with Gasteiger partial charge in [-0.3, -0.25) is 0 Å². The van der Waals surface area contributed by atoms with Crippen molar-refractivity contribution in [1.29, 1.82) is 0 Å². The summed E-state index contributed by atoms with van der Waals surface area (Å²) in [6.45, 7) is 4.97. The van der Waals surface area contributed by atoms with E-state index in [0.29, 0.717) is 24.6 Å². The third-order valence-corrected chi connectivity index (χ3v) is 5.02. The predicted octanol–water partition coefficient (Wildman–Crippen LogP) is 2.72. The van der Waals surface area contributed by atoms with Crippen molar-refractivity contribution in [2.24, 2.45) is 10.7 Å². The number of nitrogens with zero attached hydrogens (tertiary/aromatic N) is 2. The molecular formula is C14H22ClN3O2S. The Bertz CT molecular complexity index is 564. The molecule has 0 unspecified atom stereocenters. The number of hydrogen-bond donors (Lipinski definition) is 1. The van der Waals surface area contributed by atoms with Gasteiger partial charge in [-0.15, -0.1) is 11.6 Å². The predicted molar refractivity (Wildman–Crippen MR) is 87.8 cm³/mol. The first-order chi connectivity index (χ1) is 9.95. The van der Waals surface area contributed by atoms with Crippen molar-refractivity contribution in [3.63, 3.8) is 0 Å². The van der Waals surface area contributed by atoms with Crippen molar-refractivity contribution in [2.75, 3.05) is 19.0 Å². The number of aliphatic imine (C=N–C) groups is 1. The molecule has 0 heterocycles. The van der Waals surface area contributed by atoms with Crippen molar-refractivity contribution in [2.45, 2.75) is 31.6 Å². The van der Waals surface area contributed by atoms with Gasteiger partial charge in [0.25, 0.3) is 0 Å². The molecule has 0 aromatic heterocycles. The summed E-state index contributed by atoms with van der Waals surface area (Å²) in [5.74, 6) is 0.437. The Hall–Kier alpha value is -1.11. The number of alkyl halides is 1. The van der Waals surface area contributed by atoms with Crippen molar-refractivity contribution in [3.05, 3.63) is 24.3 Å². The van der Waals surface area contributed by atoms with Gasteiger partial charge in [-0.2, -0.15) is 4.31 Å². The van der Waals surface area contributed by atoms with Gasteiger partial charge in [-0.1, -0.05) is 13.8 Å². The highest BCUT2D eigenvalue weighted by atomic mass is 35.5. The number of sulfonamides is 1. The lowest BCUT2D eigenvalue weighted by atomic mass is 10.3. The Morgan fingerprint density at radius 2 is 1.71 bits per heavy atom. The zero-order valence-corrected chi connectivity index (χ0v) is 14.0. The van der Waals surface area contributed by atoms with Gasteiger partial charge in [0.05, 0.1) is 16.5 Å². The van der Waals surface area contributed by atoms with Crippen LogP contribution in [0.25, 0.3) is 0 Å². The fraction of sp³-hybridized carbons (Fsp3) is 0.500. The summed E-state index contributed by atoms with van der Waals surface area (Å²) < 4.78 is 26.6. The summed E-state index contributed by atoms with van der Waals surface area (Å²) in [6, 6.07) is 6.35. The van der Waals surface area contributed by atoms with Gasteiger partial charge >= 0.3 is 0 Å². The molecule has 0 fully saturated rings. The van der Waals surface area contributed by atoms with Crippen LogP contribution in [0, 0.1) is 0 Å². The van der Waals surface area contributed by atoms with Gasteiger partial charge in [-0.05, 0) is 37.1 Å². The van der Waals surface area contributed by atoms with E-state index in [1.165, 1.54) is 4.31 Å². The summed E-state index contributed by atoms with van der Waals surface area (Å²) in [5.41, 5.74) is 6.14. The molecule has 0 aliphatic carbocycles. The summed E-state index contributed by atoms with van der Waals surface area (Å²) >= 11 is 5.56. The van der Waals surface area contributed by atoms with Gasteiger partial charge in [-0.25, -0.2) is 13.4 Å². The molecule has 1 aromatic carbocycles. The quantitative estimate of drug-likeness (QED) is 0.452. The molecule has 5 nitrogen and oxygen atoms in total. The largest absolute Gasteiger partial charge is 0.386 e. The van der Waals surface area contributed by atoms with Crippen LogP contribution in [0.4, 0.5) is 5.69 Å². The second-order valence-electron chi connectivity index (χ2n) is 4.63. The highest BCUT2D eigenvalue weighted by Crippen LogP contribution is 2.20. The summed E-state index contributed by atoms with van der Waals surface area (Å²) in [6.07, 6.45) is 1.57. The van der Waals surface area contributed by atoms with Crippen molar-refractivity contribution < 1.29 is 8.42 Å². The maximum absolute atomic E-state index is 12.5. The lowest BCUT2D eigenvalue weighted by molar-refractivity contribution is 0.410. The second-order valence-corrected chi connectivity index (χ2v) is 6.84. The molecule has 7 heteroatoms. The molecule has 0 radical (unpaired) electrons. The standard InChI is InChI=1S/C14H22ClN3O2S/c1-3-9-18(10-4-2)21(19,20)13-7-5-12(6-8-13)17-14(16)11-15/h5-8H,3-4,9-11H2,1-2H3,(H2,16,17). The minimum absolute atomic E-state index is 0.140. The summed E-state index contributed by atoms with van der Waals surface area (Å²) in [5, 5.41) is 0. The fourth-order valence-electron chi connectivity index (χ4n) is 1.89. The molecule has 21 heavy (non-hydrogen) atoms. The Morgan fingerprint density at radius 1 is 1.19 bits per heavy atom. The Balaban J connectivity index is 3.03. The molecule has 1 aromatic rings. The molecule has 0 atom stereocenters. The Morgan fingerprint density at radius 3 is 2.14 bits per heavy atom. The second kappa shape index (κ2) is 8.36. The maximum atomic E-state index is 12.5. The average molecular weight is 332 g/mol. The van der Waals surface area contributed by atoms with E-state index >= 15 is 0 Å². The van der Waals surface area contributed by atoms with Crippen LogP contribution in [-0.2, 0) is 10.0 Å². The zero-order valence-electron chi connectivity index (χ0n) is 12.4.